The van der Waals surface area contributed by atoms with Crippen molar-refractivity contribution in [2.45, 2.75) is 39.3 Å². The summed E-state index contributed by atoms with van der Waals surface area (Å²) < 4.78 is 12.8. The van der Waals surface area contributed by atoms with Crippen molar-refractivity contribution in [2.75, 3.05) is 38.2 Å². The van der Waals surface area contributed by atoms with Crippen LogP contribution in [-0.2, 0) is 0 Å². The van der Waals surface area contributed by atoms with Crippen LogP contribution in [0.3, 0.4) is 0 Å². The van der Waals surface area contributed by atoms with Gasteiger partial charge in [-0.2, -0.15) is 0 Å². The smallest absolute Gasteiger partial charge is 0.150 e. The third kappa shape index (κ3) is 5.66. The summed E-state index contributed by atoms with van der Waals surface area (Å²) >= 11 is 0. The summed E-state index contributed by atoms with van der Waals surface area (Å²) in [5.41, 5.74) is 5.95. The monoisotopic (exact) mass is 514 g/mol. The third-order valence-corrected chi connectivity index (χ3v) is 7.65. The second-order valence-electron chi connectivity index (χ2n) is 10.6. The molecule has 2 aliphatic heterocycles. The van der Waals surface area contributed by atoms with Crippen LogP contribution in [0.2, 0.25) is 0 Å². The zero-order chi connectivity index (χ0) is 26.6. The number of likely N-dealkylation sites (tertiary alicyclic amines) is 1. The average molecular weight is 515 g/mol. The second kappa shape index (κ2) is 11.5. The number of fused-ring (bicyclic) bond motifs is 1. The number of hydrogen-bond donors (Lipinski definition) is 3. The fourth-order valence-electron chi connectivity index (χ4n) is 5.47. The number of ether oxygens (including phenoxy) is 2. The van der Waals surface area contributed by atoms with E-state index in [1.165, 1.54) is 6.42 Å². The van der Waals surface area contributed by atoms with Gasteiger partial charge in [-0.3, -0.25) is 4.90 Å². The van der Waals surface area contributed by atoms with Gasteiger partial charge < -0.3 is 25.0 Å². The first kappa shape index (κ1) is 26.1. The standard InChI is InChI=1S/C32H38N2O4/c1-21-13-15-34(19-21)22(2)20-37-28-10-7-24(8-11-28)32-31(25-5-4-6-27(36)17-25)23(3)29-18-26(33-14-16-35)9-12-30(29)38-32/h4-12,17-18,21-22,32-33,35-36H,13-16,19-20H2,1-3H3. The summed E-state index contributed by atoms with van der Waals surface area (Å²) in [6, 6.07) is 21.9. The molecule has 3 atom stereocenters. The van der Waals surface area contributed by atoms with E-state index in [0.717, 1.165) is 64.0 Å². The first-order chi connectivity index (χ1) is 18.4. The third-order valence-electron chi connectivity index (χ3n) is 7.65. The van der Waals surface area contributed by atoms with Gasteiger partial charge in [0.25, 0.3) is 0 Å². The van der Waals surface area contributed by atoms with Crippen molar-refractivity contribution in [1.29, 1.82) is 0 Å². The van der Waals surface area contributed by atoms with E-state index in [2.05, 4.69) is 49.2 Å². The lowest BCUT2D eigenvalue weighted by Gasteiger charge is -2.31. The molecule has 0 aromatic heterocycles. The summed E-state index contributed by atoms with van der Waals surface area (Å²) in [6.45, 7) is 10.1. The van der Waals surface area contributed by atoms with E-state index in [4.69, 9.17) is 9.47 Å². The molecule has 0 saturated carbocycles. The Kier molecular flexibility index (Phi) is 7.91. The Morgan fingerprint density at radius 3 is 2.63 bits per heavy atom. The highest BCUT2D eigenvalue weighted by Crippen LogP contribution is 2.47. The molecule has 0 aliphatic carbocycles. The Labute approximate surface area is 225 Å². The molecular weight excluding hydrogens is 476 g/mol. The normalized spacial score (nSPS) is 20.1. The number of phenolic OH excluding ortho intramolecular Hbond substituents is 1. The first-order valence-electron chi connectivity index (χ1n) is 13.6. The van der Waals surface area contributed by atoms with Crippen LogP contribution in [0, 0.1) is 5.92 Å². The van der Waals surface area contributed by atoms with Crippen LogP contribution < -0.4 is 14.8 Å². The molecular formula is C32H38N2O4. The molecule has 1 saturated heterocycles. The molecule has 0 amide bonds. The number of aliphatic hydroxyl groups excluding tert-OH is 1. The highest BCUT2D eigenvalue weighted by molar-refractivity contribution is 5.96. The molecule has 3 unspecified atom stereocenters. The van der Waals surface area contributed by atoms with Gasteiger partial charge in [0.1, 0.15) is 30.0 Å². The van der Waals surface area contributed by atoms with Gasteiger partial charge in [0.2, 0.25) is 0 Å². The molecule has 2 heterocycles. The maximum Gasteiger partial charge on any atom is 0.150 e. The van der Waals surface area contributed by atoms with Crippen LogP contribution in [-0.4, -0.2) is 54.0 Å². The van der Waals surface area contributed by atoms with Gasteiger partial charge in [-0.05, 0) is 91.9 Å². The maximum absolute atomic E-state index is 10.2. The lowest BCUT2D eigenvalue weighted by atomic mass is 9.86. The molecule has 200 valence electrons. The minimum atomic E-state index is -0.334. The van der Waals surface area contributed by atoms with Gasteiger partial charge in [0.15, 0.2) is 0 Å². The molecule has 38 heavy (non-hydrogen) atoms. The van der Waals surface area contributed by atoms with E-state index >= 15 is 0 Å². The molecule has 3 aromatic rings. The van der Waals surface area contributed by atoms with Crippen molar-refractivity contribution in [3.05, 3.63) is 83.4 Å². The highest BCUT2D eigenvalue weighted by Gasteiger charge is 2.30. The predicted molar refractivity (Wildman–Crippen MR) is 153 cm³/mol. The Balaban J connectivity index is 1.41. The first-order valence-corrected chi connectivity index (χ1v) is 13.6. The Morgan fingerprint density at radius 1 is 1.11 bits per heavy atom. The van der Waals surface area contributed by atoms with E-state index in [0.29, 0.717) is 19.2 Å². The van der Waals surface area contributed by atoms with Gasteiger partial charge in [-0.15, -0.1) is 0 Å². The molecule has 5 rings (SSSR count). The molecule has 0 spiro atoms. The minimum Gasteiger partial charge on any atom is -0.508 e. The largest absolute Gasteiger partial charge is 0.508 e. The van der Waals surface area contributed by atoms with E-state index in [9.17, 15) is 10.2 Å². The molecule has 3 N–H and O–H groups in total. The van der Waals surface area contributed by atoms with Crippen molar-refractivity contribution in [3.63, 3.8) is 0 Å². The number of nitrogens with one attached hydrogen (secondary N) is 1. The van der Waals surface area contributed by atoms with Crippen LogP contribution in [0.15, 0.2) is 66.7 Å². The van der Waals surface area contributed by atoms with Gasteiger partial charge in [-0.1, -0.05) is 31.2 Å². The number of aromatic hydroxyl groups is 1. The minimum absolute atomic E-state index is 0.0646. The molecule has 0 bridgehead atoms. The fraction of sp³-hybridized carbons (Fsp3) is 0.375. The van der Waals surface area contributed by atoms with Crippen molar-refractivity contribution in [3.8, 4) is 17.2 Å². The van der Waals surface area contributed by atoms with Crippen molar-refractivity contribution in [1.82, 2.24) is 4.90 Å². The summed E-state index contributed by atoms with van der Waals surface area (Å²) in [5, 5.41) is 22.7. The maximum atomic E-state index is 10.2. The van der Waals surface area contributed by atoms with E-state index in [-0.39, 0.29) is 18.5 Å². The lowest BCUT2D eigenvalue weighted by Crippen LogP contribution is -2.35. The van der Waals surface area contributed by atoms with Gasteiger partial charge >= 0.3 is 0 Å². The summed E-state index contributed by atoms with van der Waals surface area (Å²) in [5.74, 6) is 2.64. The van der Waals surface area contributed by atoms with Gasteiger partial charge in [0.05, 0.1) is 6.61 Å². The van der Waals surface area contributed by atoms with Crippen LogP contribution >= 0.6 is 0 Å². The zero-order valence-electron chi connectivity index (χ0n) is 22.5. The number of anilines is 1. The molecule has 6 nitrogen and oxygen atoms in total. The molecule has 2 aliphatic rings. The molecule has 3 aromatic carbocycles. The number of hydrogen-bond acceptors (Lipinski definition) is 6. The summed E-state index contributed by atoms with van der Waals surface area (Å²) in [7, 11) is 0. The SMILES string of the molecule is CC1=C(c2cccc(O)c2)C(c2ccc(OCC(C)N3CCC(C)C3)cc2)Oc2ccc(NCCO)cc21. The van der Waals surface area contributed by atoms with Crippen LogP contribution in [0.1, 0.15) is 50.0 Å². The number of phenols is 1. The van der Waals surface area contributed by atoms with Crippen LogP contribution in [0.5, 0.6) is 17.2 Å². The van der Waals surface area contributed by atoms with Crippen molar-refractivity contribution >= 4 is 16.8 Å². The number of allylic oxidation sites excluding steroid dienone is 1. The second-order valence-corrected chi connectivity index (χ2v) is 10.6. The summed E-state index contributed by atoms with van der Waals surface area (Å²) in [6.07, 6.45) is 0.929. The quantitative estimate of drug-likeness (QED) is 0.327. The highest BCUT2D eigenvalue weighted by atomic mass is 16.5. The predicted octanol–water partition coefficient (Wildman–Crippen LogP) is 5.97. The van der Waals surface area contributed by atoms with Crippen LogP contribution in [0.25, 0.3) is 11.1 Å². The Bertz CT molecular complexity index is 1290. The van der Waals surface area contributed by atoms with Crippen LogP contribution in [0.4, 0.5) is 5.69 Å². The van der Waals surface area contributed by atoms with Gasteiger partial charge in [0, 0.05) is 36.0 Å². The summed E-state index contributed by atoms with van der Waals surface area (Å²) in [4.78, 5) is 2.51. The Hall–Kier alpha value is -3.48. The Morgan fingerprint density at radius 2 is 1.92 bits per heavy atom. The number of aliphatic hydroxyl groups is 1. The van der Waals surface area contributed by atoms with Crippen molar-refractivity contribution < 1.29 is 19.7 Å². The van der Waals surface area contributed by atoms with E-state index < -0.39 is 0 Å². The number of rotatable bonds is 9. The molecule has 0 radical (unpaired) electrons. The number of nitrogens with zero attached hydrogens (tertiary/aromatic N) is 1. The van der Waals surface area contributed by atoms with E-state index in [1.807, 2.05) is 36.4 Å². The molecule has 6 heteroatoms. The van der Waals surface area contributed by atoms with Crippen molar-refractivity contribution in [2.24, 2.45) is 5.92 Å². The van der Waals surface area contributed by atoms with Gasteiger partial charge in [-0.25, -0.2) is 0 Å². The topological polar surface area (TPSA) is 74.2 Å². The lowest BCUT2D eigenvalue weighted by molar-refractivity contribution is 0.169. The number of benzene rings is 3. The fourth-order valence-corrected chi connectivity index (χ4v) is 5.47. The zero-order valence-corrected chi connectivity index (χ0v) is 22.5. The van der Waals surface area contributed by atoms with E-state index in [1.54, 1.807) is 12.1 Å². The average Bonchev–Trinajstić information content (AvgIpc) is 3.37. The molecule has 1 fully saturated rings.